The van der Waals surface area contributed by atoms with Crippen LogP contribution in [0.15, 0.2) is 48.5 Å². The number of aliphatic carboxylic acids is 1. The maximum atomic E-state index is 12.9. The topological polar surface area (TPSA) is 66.8 Å². The lowest BCUT2D eigenvalue weighted by atomic mass is 9.74. The molecule has 2 unspecified atom stereocenters. The highest BCUT2D eigenvalue weighted by Crippen LogP contribution is 2.47. The van der Waals surface area contributed by atoms with E-state index in [9.17, 15) is 14.7 Å². The Morgan fingerprint density at radius 3 is 2.33 bits per heavy atom. The normalized spacial score (nSPS) is 25.2. The molecule has 5 heteroatoms. The van der Waals surface area contributed by atoms with Crippen LogP contribution in [-0.2, 0) is 9.53 Å². The molecule has 5 rings (SSSR count). The molecule has 156 valence electrons. The van der Waals surface area contributed by atoms with Crippen molar-refractivity contribution in [2.24, 2.45) is 11.3 Å². The molecular weight excluding hydrogens is 378 g/mol. The van der Waals surface area contributed by atoms with Crippen LogP contribution in [-0.4, -0.2) is 41.8 Å². The summed E-state index contributed by atoms with van der Waals surface area (Å²) in [5.74, 6) is -0.718. The van der Waals surface area contributed by atoms with Crippen molar-refractivity contribution in [2.75, 3.05) is 19.7 Å². The van der Waals surface area contributed by atoms with Crippen molar-refractivity contribution in [3.05, 3.63) is 59.7 Å². The fourth-order valence-electron chi connectivity index (χ4n) is 5.81. The minimum absolute atomic E-state index is 0.0165. The zero-order valence-electron chi connectivity index (χ0n) is 17.0. The minimum Gasteiger partial charge on any atom is -0.481 e. The Morgan fingerprint density at radius 1 is 1.00 bits per heavy atom. The molecule has 2 aromatic rings. The van der Waals surface area contributed by atoms with Crippen LogP contribution in [0.5, 0.6) is 0 Å². The van der Waals surface area contributed by atoms with Crippen LogP contribution in [0.2, 0.25) is 0 Å². The van der Waals surface area contributed by atoms with Gasteiger partial charge in [-0.2, -0.15) is 0 Å². The van der Waals surface area contributed by atoms with Crippen LogP contribution in [0.4, 0.5) is 4.79 Å². The summed E-state index contributed by atoms with van der Waals surface area (Å²) in [6, 6.07) is 16.5. The molecule has 1 amide bonds. The van der Waals surface area contributed by atoms with Gasteiger partial charge in [-0.15, -0.1) is 0 Å². The lowest BCUT2D eigenvalue weighted by Crippen LogP contribution is -2.39. The summed E-state index contributed by atoms with van der Waals surface area (Å²) < 4.78 is 5.78. The average Bonchev–Trinajstić information content (AvgIpc) is 3.22. The number of likely N-dealkylation sites (tertiary alicyclic amines) is 1. The fraction of sp³-hybridized carbons (Fsp3) is 0.440. The fourth-order valence-corrected chi connectivity index (χ4v) is 5.81. The molecule has 0 spiro atoms. The molecule has 30 heavy (non-hydrogen) atoms. The van der Waals surface area contributed by atoms with Crippen molar-refractivity contribution in [1.82, 2.24) is 4.90 Å². The van der Waals surface area contributed by atoms with Crippen LogP contribution < -0.4 is 0 Å². The Labute approximate surface area is 176 Å². The first-order valence-corrected chi connectivity index (χ1v) is 10.9. The predicted octanol–water partition coefficient (Wildman–Crippen LogP) is 4.90. The van der Waals surface area contributed by atoms with Crippen molar-refractivity contribution in [2.45, 2.75) is 38.0 Å². The Hall–Kier alpha value is -2.82. The molecule has 2 atom stereocenters. The second-order valence-electron chi connectivity index (χ2n) is 8.94. The van der Waals surface area contributed by atoms with Gasteiger partial charge < -0.3 is 14.7 Å². The van der Waals surface area contributed by atoms with E-state index >= 15 is 0 Å². The molecular formula is C25H27NO4. The number of rotatable bonds is 3. The van der Waals surface area contributed by atoms with Crippen molar-refractivity contribution in [3.8, 4) is 11.1 Å². The molecule has 0 radical (unpaired) electrons. The van der Waals surface area contributed by atoms with Crippen LogP contribution in [0.3, 0.4) is 0 Å². The van der Waals surface area contributed by atoms with Gasteiger partial charge in [0.2, 0.25) is 0 Å². The summed E-state index contributed by atoms with van der Waals surface area (Å²) in [5.41, 5.74) is 3.95. The number of carbonyl (C=O) groups is 2. The largest absolute Gasteiger partial charge is 0.481 e. The third kappa shape index (κ3) is 2.99. The van der Waals surface area contributed by atoms with E-state index in [0.717, 1.165) is 25.7 Å². The zero-order valence-corrected chi connectivity index (χ0v) is 17.0. The monoisotopic (exact) mass is 405 g/mol. The van der Waals surface area contributed by atoms with Crippen LogP contribution in [0, 0.1) is 11.3 Å². The summed E-state index contributed by atoms with van der Waals surface area (Å²) in [5, 5.41) is 9.97. The molecule has 3 aliphatic rings. The molecule has 0 aromatic heterocycles. The smallest absolute Gasteiger partial charge is 0.409 e. The number of benzene rings is 2. The van der Waals surface area contributed by atoms with Crippen molar-refractivity contribution in [3.63, 3.8) is 0 Å². The van der Waals surface area contributed by atoms with Gasteiger partial charge in [0, 0.05) is 19.0 Å². The summed E-state index contributed by atoms with van der Waals surface area (Å²) in [6.45, 7) is 1.03. The standard InChI is InChI=1S/C25H27NO4/c27-23(28)25-13-7-1-2-8-17(25)14-26(16-25)24(29)30-15-22-20-11-5-3-9-18(20)19-10-4-6-12-21(19)22/h3-6,9-12,17,22H,1-2,7-8,13-16H2,(H,27,28). The first kappa shape index (κ1) is 19.2. The van der Waals surface area contributed by atoms with E-state index in [4.69, 9.17) is 4.74 Å². The SMILES string of the molecule is O=C(OCC1c2ccccc2-c2ccccc21)N1CC2CCCCCC2(C(=O)O)C1. The number of carboxylic acid groups (broad SMARTS) is 1. The van der Waals surface area contributed by atoms with Gasteiger partial charge in [0.25, 0.3) is 0 Å². The summed E-state index contributed by atoms with van der Waals surface area (Å²) in [7, 11) is 0. The van der Waals surface area contributed by atoms with E-state index < -0.39 is 11.4 Å². The van der Waals surface area contributed by atoms with Crippen LogP contribution in [0.1, 0.15) is 49.1 Å². The number of amides is 1. The van der Waals surface area contributed by atoms with E-state index in [1.165, 1.54) is 22.3 Å². The predicted molar refractivity (Wildman–Crippen MR) is 113 cm³/mol. The highest BCUT2D eigenvalue weighted by atomic mass is 16.6. The van der Waals surface area contributed by atoms with Gasteiger partial charge in [0.15, 0.2) is 0 Å². The van der Waals surface area contributed by atoms with Gasteiger partial charge in [0.1, 0.15) is 6.61 Å². The van der Waals surface area contributed by atoms with Gasteiger partial charge >= 0.3 is 12.1 Å². The van der Waals surface area contributed by atoms with Crippen LogP contribution in [0.25, 0.3) is 11.1 Å². The Bertz CT molecular complexity index is 941. The van der Waals surface area contributed by atoms with Crippen molar-refractivity contribution >= 4 is 12.1 Å². The van der Waals surface area contributed by atoms with Crippen molar-refractivity contribution < 1.29 is 19.4 Å². The summed E-state index contributed by atoms with van der Waals surface area (Å²) >= 11 is 0. The third-order valence-electron chi connectivity index (χ3n) is 7.39. The molecule has 1 N–H and O–H groups in total. The average molecular weight is 405 g/mol. The Balaban J connectivity index is 1.32. The molecule has 5 nitrogen and oxygen atoms in total. The van der Waals surface area contributed by atoms with Gasteiger partial charge in [0.05, 0.1) is 5.41 Å². The molecule has 2 aliphatic carbocycles. The van der Waals surface area contributed by atoms with E-state index in [1.54, 1.807) is 4.90 Å². The highest BCUT2D eigenvalue weighted by molar-refractivity contribution is 5.80. The van der Waals surface area contributed by atoms with E-state index in [-0.39, 0.29) is 31.1 Å². The minimum atomic E-state index is -0.803. The number of hydrogen-bond donors (Lipinski definition) is 1. The second-order valence-corrected chi connectivity index (χ2v) is 8.94. The molecule has 1 saturated heterocycles. The number of nitrogens with zero attached hydrogens (tertiary/aromatic N) is 1. The highest BCUT2D eigenvalue weighted by Gasteiger charge is 2.53. The van der Waals surface area contributed by atoms with Gasteiger partial charge in [-0.25, -0.2) is 4.79 Å². The van der Waals surface area contributed by atoms with E-state index in [0.29, 0.717) is 13.0 Å². The van der Waals surface area contributed by atoms with Gasteiger partial charge in [-0.1, -0.05) is 67.8 Å². The molecule has 1 aliphatic heterocycles. The van der Waals surface area contributed by atoms with E-state index in [1.807, 2.05) is 24.3 Å². The molecule has 1 saturated carbocycles. The number of ether oxygens (including phenoxy) is 1. The lowest BCUT2D eigenvalue weighted by Gasteiger charge is -2.28. The molecule has 1 heterocycles. The molecule has 2 fully saturated rings. The van der Waals surface area contributed by atoms with Gasteiger partial charge in [-0.3, -0.25) is 4.79 Å². The van der Waals surface area contributed by atoms with Crippen molar-refractivity contribution in [1.29, 1.82) is 0 Å². The quantitative estimate of drug-likeness (QED) is 0.789. The van der Waals surface area contributed by atoms with Crippen LogP contribution >= 0.6 is 0 Å². The molecule has 0 bridgehead atoms. The second kappa shape index (κ2) is 7.46. The number of hydrogen-bond acceptors (Lipinski definition) is 3. The van der Waals surface area contributed by atoms with Gasteiger partial charge in [-0.05, 0) is 41.0 Å². The number of carboxylic acids is 1. The Morgan fingerprint density at radius 2 is 1.67 bits per heavy atom. The third-order valence-corrected chi connectivity index (χ3v) is 7.39. The number of carbonyl (C=O) groups excluding carboxylic acids is 1. The summed E-state index contributed by atoms with van der Waals surface area (Å²) in [6.07, 6.45) is 4.18. The molecule has 2 aromatic carbocycles. The maximum Gasteiger partial charge on any atom is 0.409 e. The van der Waals surface area contributed by atoms with E-state index in [2.05, 4.69) is 24.3 Å². The number of fused-ring (bicyclic) bond motifs is 4. The first-order chi connectivity index (χ1) is 14.6. The Kier molecular flexibility index (Phi) is 4.76. The lowest BCUT2D eigenvalue weighted by molar-refractivity contribution is -0.150. The first-order valence-electron chi connectivity index (χ1n) is 10.9. The maximum absolute atomic E-state index is 12.9. The summed E-state index contributed by atoms with van der Waals surface area (Å²) in [4.78, 5) is 26.7. The zero-order chi connectivity index (χ0) is 20.7.